The van der Waals surface area contributed by atoms with E-state index in [2.05, 4.69) is 39.5 Å². The van der Waals surface area contributed by atoms with Gasteiger partial charge < -0.3 is 0 Å². The summed E-state index contributed by atoms with van der Waals surface area (Å²) in [4.78, 5) is 0. The predicted molar refractivity (Wildman–Crippen MR) is 65.7 cm³/mol. The highest BCUT2D eigenvalue weighted by atomic mass is 32.2. The second kappa shape index (κ2) is 4.08. The van der Waals surface area contributed by atoms with Crippen molar-refractivity contribution in [1.29, 1.82) is 0 Å². The highest BCUT2D eigenvalue weighted by molar-refractivity contribution is 8.00. The Kier molecular flexibility index (Phi) is 3.16. The molecular formula is C13H24S. The van der Waals surface area contributed by atoms with E-state index >= 15 is 0 Å². The molecule has 2 aliphatic carbocycles. The molecule has 0 aromatic carbocycles. The Morgan fingerprint density at radius 2 is 1.50 bits per heavy atom. The Bertz CT molecular complexity index is 195. The zero-order valence-electron chi connectivity index (χ0n) is 9.99. The lowest BCUT2D eigenvalue weighted by Gasteiger charge is -2.35. The first-order chi connectivity index (χ1) is 6.58. The molecule has 2 fully saturated rings. The molecule has 0 nitrogen and oxygen atoms in total. The van der Waals surface area contributed by atoms with E-state index in [4.69, 9.17) is 0 Å². The molecule has 0 aromatic rings. The highest BCUT2D eigenvalue weighted by Crippen LogP contribution is 2.48. The van der Waals surface area contributed by atoms with E-state index in [1.807, 2.05) is 0 Å². The van der Waals surface area contributed by atoms with Gasteiger partial charge in [-0.05, 0) is 42.9 Å². The summed E-state index contributed by atoms with van der Waals surface area (Å²) in [5.74, 6) is 3.87. The van der Waals surface area contributed by atoms with Crippen LogP contribution in [0.15, 0.2) is 0 Å². The van der Waals surface area contributed by atoms with Crippen molar-refractivity contribution in [2.75, 3.05) is 0 Å². The quantitative estimate of drug-likeness (QED) is 0.661. The Morgan fingerprint density at radius 1 is 0.857 bits per heavy atom. The van der Waals surface area contributed by atoms with Crippen LogP contribution in [0.5, 0.6) is 0 Å². The molecule has 4 atom stereocenters. The highest BCUT2D eigenvalue weighted by Gasteiger charge is 2.38. The molecule has 0 radical (unpaired) electrons. The van der Waals surface area contributed by atoms with Crippen molar-refractivity contribution >= 4 is 11.8 Å². The second-order valence-electron chi connectivity index (χ2n) is 5.80. The lowest BCUT2D eigenvalue weighted by Crippen LogP contribution is -2.27. The van der Waals surface area contributed by atoms with Crippen molar-refractivity contribution in [3.63, 3.8) is 0 Å². The van der Waals surface area contributed by atoms with E-state index in [0.717, 1.165) is 34.2 Å². The van der Waals surface area contributed by atoms with Crippen molar-refractivity contribution in [3.05, 3.63) is 0 Å². The van der Waals surface area contributed by atoms with Crippen molar-refractivity contribution in [1.82, 2.24) is 0 Å². The van der Waals surface area contributed by atoms with Gasteiger partial charge in [0, 0.05) is 10.5 Å². The van der Waals surface area contributed by atoms with E-state index in [0.29, 0.717) is 0 Å². The third-order valence-electron chi connectivity index (χ3n) is 4.62. The van der Waals surface area contributed by atoms with E-state index in [-0.39, 0.29) is 0 Å². The van der Waals surface area contributed by atoms with Gasteiger partial charge in [0.15, 0.2) is 0 Å². The molecular weight excluding hydrogens is 188 g/mol. The van der Waals surface area contributed by atoms with Crippen LogP contribution < -0.4 is 0 Å². The molecule has 0 spiro atoms. The van der Waals surface area contributed by atoms with Gasteiger partial charge in [-0.2, -0.15) is 11.8 Å². The summed E-state index contributed by atoms with van der Waals surface area (Å²) in [5.41, 5.74) is 0. The molecule has 1 heteroatoms. The lowest BCUT2D eigenvalue weighted by molar-refractivity contribution is 0.356. The number of hydrogen-bond donors (Lipinski definition) is 0. The zero-order chi connectivity index (χ0) is 10.3. The van der Waals surface area contributed by atoms with Gasteiger partial charge in [-0.3, -0.25) is 0 Å². The molecule has 14 heavy (non-hydrogen) atoms. The standard InChI is InChI=1S/C13H24S/c1-8-5-12(6-8)14-13-7-9(2)10(3)11(13)4/h8-13H,5-7H2,1-4H3. The van der Waals surface area contributed by atoms with Crippen molar-refractivity contribution in [3.8, 4) is 0 Å². The monoisotopic (exact) mass is 212 g/mol. The van der Waals surface area contributed by atoms with Crippen LogP contribution >= 0.6 is 11.8 Å². The fourth-order valence-electron chi connectivity index (χ4n) is 3.02. The van der Waals surface area contributed by atoms with Crippen LogP contribution in [0.3, 0.4) is 0 Å². The SMILES string of the molecule is CC1CC(SC2CC(C)C(C)C2C)C1. The smallest absolute Gasteiger partial charge is 0.00807 e. The van der Waals surface area contributed by atoms with Gasteiger partial charge in [-0.1, -0.05) is 27.7 Å². The van der Waals surface area contributed by atoms with Crippen LogP contribution in [0.25, 0.3) is 0 Å². The normalized spacial score (nSPS) is 53.1. The largest absolute Gasteiger partial charge is 0.155 e. The molecule has 0 saturated heterocycles. The molecule has 4 unspecified atom stereocenters. The van der Waals surface area contributed by atoms with Gasteiger partial charge in [-0.25, -0.2) is 0 Å². The molecule has 0 aromatic heterocycles. The molecule has 0 N–H and O–H groups in total. The fourth-order valence-corrected chi connectivity index (χ4v) is 5.30. The third-order valence-corrected chi connectivity index (χ3v) is 6.36. The zero-order valence-corrected chi connectivity index (χ0v) is 10.8. The molecule has 2 saturated carbocycles. The van der Waals surface area contributed by atoms with E-state index < -0.39 is 0 Å². The Labute approximate surface area is 93.2 Å². The summed E-state index contributed by atoms with van der Waals surface area (Å²) in [6.45, 7) is 9.73. The molecule has 0 heterocycles. The Balaban J connectivity index is 1.81. The minimum atomic E-state index is 0.949. The van der Waals surface area contributed by atoms with E-state index in [1.54, 1.807) is 0 Å². The first-order valence-electron chi connectivity index (χ1n) is 6.23. The summed E-state index contributed by atoms with van der Waals surface area (Å²) in [6.07, 6.45) is 4.44. The van der Waals surface area contributed by atoms with Gasteiger partial charge in [0.2, 0.25) is 0 Å². The summed E-state index contributed by atoms with van der Waals surface area (Å²) >= 11 is 2.31. The molecule has 82 valence electrons. The van der Waals surface area contributed by atoms with E-state index in [1.165, 1.54) is 19.3 Å². The summed E-state index contributed by atoms with van der Waals surface area (Å²) < 4.78 is 0. The number of thioether (sulfide) groups is 1. The average molecular weight is 212 g/mol. The molecule has 2 rings (SSSR count). The molecule has 2 aliphatic rings. The van der Waals surface area contributed by atoms with Crippen LogP contribution in [0.4, 0.5) is 0 Å². The number of rotatable bonds is 2. The van der Waals surface area contributed by atoms with Crippen molar-refractivity contribution in [2.45, 2.75) is 57.5 Å². The van der Waals surface area contributed by atoms with Gasteiger partial charge in [0.1, 0.15) is 0 Å². The minimum absolute atomic E-state index is 0.949. The van der Waals surface area contributed by atoms with Crippen LogP contribution in [0.1, 0.15) is 47.0 Å². The topological polar surface area (TPSA) is 0 Å². The van der Waals surface area contributed by atoms with Crippen LogP contribution in [0, 0.1) is 23.7 Å². The Hall–Kier alpha value is 0.350. The maximum Gasteiger partial charge on any atom is 0.00807 e. The van der Waals surface area contributed by atoms with Crippen LogP contribution in [-0.4, -0.2) is 10.5 Å². The summed E-state index contributed by atoms with van der Waals surface area (Å²) in [7, 11) is 0. The second-order valence-corrected chi connectivity index (χ2v) is 7.35. The maximum absolute atomic E-state index is 2.47. The predicted octanol–water partition coefficient (Wildman–Crippen LogP) is 4.20. The van der Waals surface area contributed by atoms with Crippen molar-refractivity contribution in [2.24, 2.45) is 23.7 Å². The first kappa shape index (κ1) is 10.9. The number of hydrogen-bond acceptors (Lipinski definition) is 1. The Morgan fingerprint density at radius 3 is 1.93 bits per heavy atom. The molecule has 0 bridgehead atoms. The summed E-state index contributed by atoms with van der Waals surface area (Å²) in [5, 5.41) is 1.98. The van der Waals surface area contributed by atoms with Crippen LogP contribution in [0.2, 0.25) is 0 Å². The first-order valence-corrected chi connectivity index (χ1v) is 7.17. The van der Waals surface area contributed by atoms with E-state index in [9.17, 15) is 0 Å². The van der Waals surface area contributed by atoms with Gasteiger partial charge in [0.25, 0.3) is 0 Å². The molecule has 0 aliphatic heterocycles. The van der Waals surface area contributed by atoms with Gasteiger partial charge in [-0.15, -0.1) is 0 Å². The lowest BCUT2D eigenvalue weighted by atomic mass is 9.87. The minimum Gasteiger partial charge on any atom is -0.155 e. The third kappa shape index (κ3) is 1.98. The van der Waals surface area contributed by atoms with Crippen LogP contribution in [-0.2, 0) is 0 Å². The van der Waals surface area contributed by atoms with Crippen molar-refractivity contribution < 1.29 is 0 Å². The van der Waals surface area contributed by atoms with Gasteiger partial charge in [0.05, 0.1) is 0 Å². The van der Waals surface area contributed by atoms with Gasteiger partial charge >= 0.3 is 0 Å². The maximum atomic E-state index is 2.47. The molecule has 0 amide bonds. The average Bonchev–Trinajstić information content (AvgIpc) is 2.31. The summed E-state index contributed by atoms with van der Waals surface area (Å²) in [6, 6.07) is 0. The fraction of sp³-hybridized carbons (Fsp3) is 1.00.